The van der Waals surface area contributed by atoms with Crippen LogP contribution in [0.4, 0.5) is 0 Å². The molecule has 0 aliphatic carbocycles. The summed E-state index contributed by atoms with van der Waals surface area (Å²) in [5.74, 6) is 0. The van der Waals surface area contributed by atoms with E-state index in [1.165, 1.54) is 5.56 Å². The molecule has 0 aromatic heterocycles. The van der Waals surface area contributed by atoms with Crippen molar-refractivity contribution in [3.8, 4) is 0 Å². The highest BCUT2D eigenvalue weighted by atomic mass is 14.7. The maximum atomic E-state index is 6.20. The second kappa shape index (κ2) is 3.83. The molecule has 1 aromatic rings. The van der Waals surface area contributed by atoms with Crippen molar-refractivity contribution in [3.63, 3.8) is 0 Å². The van der Waals surface area contributed by atoms with E-state index in [2.05, 4.69) is 43.5 Å². The molecule has 0 amide bonds. The van der Waals surface area contributed by atoms with E-state index in [0.717, 1.165) is 11.1 Å². The molecular weight excluding hydrogens is 170 g/mol. The number of rotatable bonds is 2. The highest BCUT2D eigenvalue weighted by molar-refractivity contribution is 5.34. The minimum atomic E-state index is -0.463. The first-order valence-electron chi connectivity index (χ1n) is 4.71. The fourth-order valence-corrected chi connectivity index (χ4v) is 1.30. The van der Waals surface area contributed by atoms with Gasteiger partial charge in [-0.3, -0.25) is 0 Å². The molecular formula is C13H17N. The number of hydrogen-bond acceptors (Lipinski definition) is 1. The van der Waals surface area contributed by atoms with Gasteiger partial charge in [0.05, 0.1) is 5.54 Å². The van der Waals surface area contributed by atoms with Crippen LogP contribution in [0, 0.1) is 6.92 Å². The molecule has 0 radical (unpaired) electrons. The molecule has 0 aliphatic rings. The van der Waals surface area contributed by atoms with Crippen molar-refractivity contribution < 1.29 is 0 Å². The SMILES string of the molecule is C=C=C(C)C(C)(N)c1ccc(C)cc1. The van der Waals surface area contributed by atoms with Crippen LogP contribution < -0.4 is 5.73 Å². The number of aryl methyl sites for hydroxylation is 1. The van der Waals surface area contributed by atoms with Crippen LogP contribution in [0.25, 0.3) is 0 Å². The summed E-state index contributed by atoms with van der Waals surface area (Å²) < 4.78 is 0. The minimum absolute atomic E-state index is 0.463. The highest BCUT2D eigenvalue weighted by Crippen LogP contribution is 2.25. The summed E-state index contributed by atoms with van der Waals surface area (Å²) in [4.78, 5) is 0. The van der Waals surface area contributed by atoms with E-state index in [-0.39, 0.29) is 0 Å². The Morgan fingerprint density at radius 2 is 1.86 bits per heavy atom. The summed E-state index contributed by atoms with van der Waals surface area (Å²) in [6.45, 7) is 9.62. The lowest BCUT2D eigenvalue weighted by atomic mass is 9.86. The van der Waals surface area contributed by atoms with Crippen molar-refractivity contribution in [2.75, 3.05) is 0 Å². The smallest absolute Gasteiger partial charge is 0.0668 e. The van der Waals surface area contributed by atoms with Crippen LogP contribution in [0.3, 0.4) is 0 Å². The number of nitrogens with two attached hydrogens (primary N) is 1. The molecule has 0 bridgehead atoms. The molecule has 0 spiro atoms. The van der Waals surface area contributed by atoms with E-state index in [0.29, 0.717) is 0 Å². The molecule has 1 heteroatoms. The van der Waals surface area contributed by atoms with Gasteiger partial charge in [0.15, 0.2) is 0 Å². The first-order valence-corrected chi connectivity index (χ1v) is 4.71. The molecule has 0 saturated heterocycles. The predicted octanol–water partition coefficient (Wildman–Crippen LogP) is 2.90. The van der Waals surface area contributed by atoms with Crippen LogP contribution in [-0.4, -0.2) is 0 Å². The van der Waals surface area contributed by atoms with Gasteiger partial charge in [-0.2, -0.15) is 0 Å². The Bertz CT molecular complexity index is 365. The maximum absolute atomic E-state index is 6.20. The lowest BCUT2D eigenvalue weighted by Crippen LogP contribution is -2.33. The number of benzene rings is 1. The largest absolute Gasteiger partial charge is 0.318 e. The molecule has 14 heavy (non-hydrogen) atoms. The molecule has 0 aliphatic heterocycles. The van der Waals surface area contributed by atoms with Gasteiger partial charge in [-0.15, -0.1) is 5.73 Å². The average molecular weight is 187 g/mol. The summed E-state index contributed by atoms with van der Waals surface area (Å²) in [6.07, 6.45) is 0. The Balaban J connectivity index is 3.16. The van der Waals surface area contributed by atoms with E-state index in [9.17, 15) is 0 Å². The Hall–Kier alpha value is -1.30. The van der Waals surface area contributed by atoms with Gasteiger partial charge in [0.2, 0.25) is 0 Å². The molecule has 74 valence electrons. The van der Waals surface area contributed by atoms with Crippen LogP contribution in [-0.2, 0) is 5.54 Å². The molecule has 1 atom stereocenters. The summed E-state index contributed by atoms with van der Waals surface area (Å²) in [5.41, 5.74) is 11.9. The zero-order chi connectivity index (χ0) is 10.8. The Labute approximate surface area is 85.9 Å². The van der Waals surface area contributed by atoms with E-state index in [1.54, 1.807) is 0 Å². The third-order valence-electron chi connectivity index (χ3n) is 2.70. The standard InChI is InChI=1S/C13H17N/c1-5-11(3)13(4,14)12-8-6-10(2)7-9-12/h6-9H,1,14H2,2-4H3. The molecule has 0 fully saturated rings. The minimum Gasteiger partial charge on any atom is -0.318 e. The Morgan fingerprint density at radius 1 is 1.36 bits per heavy atom. The van der Waals surface area contributed by atoms with Gasteiger partial charge in [-0.05, 0) is 31.9 Å². The molecule has 2 N–H and O–H groups in total. The Morgan fingerprint density at radius 3 is 2.29 bits per heavy atom. The fraction of sp³-hybridized carbons (Fsp3) is 0.308. The second-order valence-corrected chi connectivity index (χ2v) is 3.87. The lowest BCUT2D eigenvalue weighted by molar-refractivity contribution is 0.588. The molecule has 1 nitrogen and oxygen atoms in total. The quantitative estimate of drug-likeness (QED) is 0.708. The third-order valence-corrected chi connectivity index (χ3v) is 2.70. The van der Waals surface area contributed by atoms with E-state index in [4.69, 9.17) is 5.73 Å². The summed E-state index contributed by atoms with van der Waals surface area (Å²) in [7, 11) is 0. The van der Waals surface area contributed by atoms with Gasteiger partial charge in [0, 0.05) is 0 Å². The fourth-order valence-electron chi connectivity index (χ4n) is 1.30. The zero-order valence-electron chi connectivity index (χ0n) is 9.09. The van der Waals surface area contributed by atoms with Crippen LogP contribution in [0.5, 0.6) is 0 Å². The van der Waals surface area contributed by atoms with E-state index in [1.807, 2.05) is 13.8 Å². The molecule has 0 heterocycles. The van der Waals surface area contributed by atoms with Crippen molar-refractivity contribution >= 4 is 0 Å². The summed E-state index contributed by atoms with van der Waals surface area (Å²) in [5, 5.41) is 0. The monoisotopic (exact) mass is 187 g/mol. The van der Waals surface area contributed by atoms with E-state index < -0.39 is 5.54 Å². The molecule has 1 unspecified atom stereocenters. The first-order chi connectivity index (χ1) is 6.48. The van der Waals surface area contributed by atoms with Gasteiger partial charge in [-0.1, -0.05) is 36.4 Å². The van der Waals surface area contributed by atoms with Crippen LogP contribution in [0.2, 0.25) is 0 Å². The lowest BCUT2D eigenvalue weighted by Gasteiger charge is -2.25. The third kappa shape index (κ3) is 1.95. The normalized spacial score (nSPS) is 14.3. The van der Waals surface area contributed by atoms with Crippen LogP contribution in [0.15, 0.2) is 42.1 Å². The zero-order valence-corrected chi connectivity index (χ0v) is 9.09. The van der Waals surface area contributed by atoms with Crippen LogP contribution >= 0.6 is 0 Å². The average Bonchev–Trinajstić information content (AvgIpc) is 2.17. The predicted molar refractivity (Wildman–Crippen MR) is 61.0 cm³/mol. The highest BCUT2D eigenvalue weighted by Gasteiger charge is 2.22. The Kier molecular flexibility index (Phi) is 2.95. The van der Waals surface area contributed by atoms with Crippen LogP contribution in [0.1, 0.15) is 25.0 Å². The van der Waals surface area contributed by atoms with Gasteiger partial charge in [-0.25, -0.2) is 0 Å². The molecule has 1 rings (SSSR count). The molecule has 1 aromatic carbocycles. The van der Waals surface area contributed by atoms with Crippen molar-refractivity contribution in [1.82, 2.24) is 0 Å². The maximum Gasteiger partial charge on any atom is 0.0668 e. The second-order valence-electron chi connectivity index (χ2n) is 3.87. The van der Waals surface area contributed by atoms with Gasteiger partial charge in [0.25, 0.3) is 0 Å². The van der Waals surface area contributed by atoms with Crippen molar-refractivity contribution in [3.05, 3.63) is 53.3 Å². The van der Waals surface area contributed by atoms with Gasteiger partial charge < -0.3 is 5.73 Å². The van der Waals surface area contributed by atoms with Crippen molar-refractivity contribution in [1.29, 1.82) is 0 Å². The van der Waals surface area contributed by atoms with E-state index >= 15 is 0 Å². The molecule has 0 saturated carbocycles. The van der Waals surface area contributed by atoms with Gasteiger partial charge >= 0.3 is 0 Å². The summed E-state index contributed by atoms with van der Waals surface area (Å²) >= 11 is 0. The van der Waals surface area contributed by atoms with Gasteiger partial charge in [0.1, 0.15) is 0 Å². The van der Waals surface area contributed by atoms with Crippen molar-refractivity contribution in [2.24, 2.45) is 5.73 Å². The first kappa shape index (κ1) is 10.8. The summed E-state index contributed by atoms with van der Waals surface area (Å²) in [6, 6.07) is 8.24. The topological polar surface area (TPSA) is 26.0 Å². The van der Waals surface area contributed by atoms with Crippen molar-refractivity contribution in [2.45, 2.75) is 26.3 Å². The number of hydrogen-bond donors (Lipinski definition) is 1.